The Hall–Kier alpha value is 0.750. The van der Waals surface area contributed by atoms with Crippen LogP contribution in [-0.4, -0.2) is 23.7 Å². The van der Waals surface area contributed by atoms with Gasteiger partial charge in [-0.1, -0.05) is 10.8 Å². The summed E-state index contributed by atoms with van der Waals surface area (Å²) in [5.41, 5.74) is -0.535. The lowest BCUT2D eigenvalue weighted by Gasteiger charge is -2.16. The topological polar surface area (TPSA) is 55.8 Å². The highest BCUT2D eigenvalue weighted by atomic mass is 79.9. The van der Waals surface area contributed by atoms with E-state index in [0.29, 0.717) is 6.07 Å². The van der Waals surface area contributed by atoms with E-state index in [1.807, 2.05) is 6.26 Å². The third-order valence-electron chi connectivity index (χ3n) is 1.89. The van der Waals surface area contributed by atoms with Crippen LogP contribution in [0, 0.1) is 0 Å². The molecule has 15 heteroatoms. The lowest BCUT2D eigenvalue weighted by molar-refractivity contribution is -0.274. The average molecular weight is 540 g/mol. The number of carbonyl (C=O) groups is 1. The Bertz CT molecular complexity index is 710. The summed E-state index contributed by atoms with van der Waals surface area (Å²) in [5, 5.41) is 9.18. The molecule has 1 aromatic rings. The molecule has 1 aromatic carbocycles. The lowest BCUT2D eigenvalue weighted by atomic mass is 10.2. The van der Waals surface area contributed by atoms with Crippen molar-refractivity contribution in [1.29, 1.82) is 0 Å². The molecule has 24 heavy (non-hydrogen) atoms. The molecule has 0 amide bonds. The van der Waals surface area contributed by atoms with Crippen LogP contribution in [-0.2, 0) is 28.8 Å². The molecule has 0 saturated carbocycles. The Morgan fingerprint density at radius 2 is 1.92 bits per heavy atom. The summed E-state index contributed by atoms with van der Waals surface area (Å²) >= 11 is 13.1. The molecule has 0 heterocycles. The highest BCUT2D eigenvalue weighted by Crippen LogP contribution is 2.46. The van der Waals surface area contributed by atoms with Crippen molar-refractivity contribution in [3.05, 3.63) is 22.2 Å². The Labute approximate surface area is 168 Å². The second-order valence-corrected chi connectivity index (χ2v) is 18.1. The predicted octanol–water partition coefficient (Wildman–Crippen LogP) is 5.64. The van der Waals surface area contributed by atoms with Crippen molar-refractivity contribution in [1.82, 2.24) is 0 Å². The molecule has 0 saturated heterocycles. The maximum Gasteiger partial charge on any atom is 0.573 e. The number of aromatic carboxylic acids is 1. The van der Waals surface area contributed by atoms with Gasteiger partial charge in [-0.15, -0.1) is 13.2 Å². The van der Waals surface area contributed by atoms with Crippen LogP contribution in [0.2, 0.25) is 0 Å². The largest absolute Gasteiger partial charge is 0.573 e. The van der Waals surface area contributed by atoms with E-state index >= 15 is 0 Å². The molecule has 0 radical (unpaired) electrons. The summed E-state index contributed by atoms with van der Waals surface area (Å²) in [5.74, 6) is -2.44. The first-order chi connectivity index (χ1) is 10.9. The van der Waals surface area contributed by atoms with Gasteiger partial charge in [-0.2, -0.15) is 0 Å². The highest BCUT2D eigenvalue weighted by Gasteiger charge is 2.33. The summed E-state index contributed by atoms with van der Waals surface area (Å²) in [6.45, 7) is -2.56. The van der Waals surface area contributed by atoms with Gasteiger partial charge in [0.05, 0.1) is 4.47 Å². The summed E-state index contributed by atoms with van der Waals surface area (Å²) < 4.78 is 46.0. The van der Waals surface area contributed by atoms with Gasteiger partial charge in [0.1, 0.15) is 17.8 Å². The van der Waals surface area contributed by atoms with Crippen molar-refractivity contribution < 1.29 is 32.0 Å². The van der Waals surface area contributed by atoms with Crippen LogP contribution in [0.4, 0.5) is 13.2 Å². The summed E-state index contributed by atoms with van der Waals surface area (Å²) in [4.78, 5) is 11.3. The quantitative estimate of drug-likeness (QED) is 0.332. The van der Waals surface area contributed by atoms with E-state index in [-0.39, 0.29) is 10.2 Å². The fourth-order valence-corrected chi connectivity index (χ4v) is 14.3. The molecule has 1 N–H and O–H groups in total. The Kier molecular flexibility index (Phi) is 9.13. The molecule has 0 aromatic heterocycles. The standard InChI is InChI=1S/C9H6BrF3O4S7/c1-20-21-22-23-24(18,19)17-6-3-5(10)7(16-9(11,12)13)2-4(6)8(14)15/h2-3H,1H3,(H,14,15). The van der Waals surface area contributed by atoms with Gasteiger partial charge in [-0.25, -0.2) is 4.79 Å². The molecule has 0 aliphatic heterocycles. The zero-order chi connectivity index (χ0) is 18.5. The lowest BCUT2D eigenvalue weighted by Crippen LogP contribution is -2.18. The molecule has 0 atom stereocenters. The minimum Gasteiger partial charge on any atom is -0.478 e. The molecule has 0 spiro atoms. The first-order valence-corrected chi connectivity index (χ1v) is 15.2. The van der Waals surface area contributed by atoms with Gasteiger partial charge in [-0.3, -0.25) is 0 Å². The maximum atomic E-state index is 12.3. The van der Waals surface area contributed by atoms with E-state index in [4.69, 9.17) is 26.6 Å². The average Bonchev–Trinajstić information content (AvgIpc) is 2.39. The third kappa shape index (κ3) is 7.97. The number of hydrogen-bond donors (Lipinski definition) is 1. The number of alkyl halides is 3. The van der Waals surface area contributed by atoms with Crippen molar-refractivity contribution in [2.45, 2.75) is 6.36 Å². The predicted molar refractivity (Wildman–Crippen MR) is 107 cm³/mol. The van der Waals surface area contributed by atoms with Gasteiger partial charge in [-0.05, 0) is 32.0 Å². The minimum absolute atomic E-state index is 0.142. The highest BCUT2D eigenvalue weighted by molar-refractivity contribution is 9.38. The van der Waals surface area contributed by atoms with Crippen LogP contribution in [0.25, 0.3) is 0 Å². The van der Waals surface area contributed by atoms with E-state index < -0.39 is 30.1 Å². The van der Waals surface area contributed by atoms with E-state index in [0.717, 1.165) is 15.9 Å². The van der Waals surface area contributed by atoms with Crippen LogP contribution in [0.3, 0.4) is 0 Å². The van der Waals surface area contributed by atoms with Gasteiger partial charge < -0.3 is 14.0 Å². The van der Waals surface area contributed by atoms with Crippen LogP contribution < -0.4 is 8.92 Å². The van der Waals surface area contributed by atoms with E-state index in [1.54, 1.807) is 0 Å². The maximum absolute atomic E-state index is 12.3. The fourth-order valence-electron chi connectivity index (χ4n) is 1.17. The Balaban J connectivity index is 3.15. The molecular weight excluding hydrogens is 533 g/mol. The van der Waals surface area contributed by atoms with Crippen LogP contribution in [0.1, 0.15) is 10.4 Å². The monoisotopic (exact) mass is 538 g/mol. The number of rotatable bonds is 8. The summed E-state index contributed by atoms with van der Waals surface area (Å²) in [6.07, 6.45) is -3.12. The number of carboxylic acids is 1. The summed E-state index contributed by atoms with van der Waals surface area (Å²) in [7, 11) is 5.21. The van der Waals surface area contributed by atoms with Crippen molar-refractivity contribution in [3.8, 4) is 11.5 Å². The fraction of sp³-hybridized carbons (Fsp3) is 0.222. The zero-order valence-electron chi connectivity index (χ0n) is 11.2. The molecule has 0 unspecified atom stereocenters. The van der Waals surface area contributed by atoms with E-state index in [2.05, 4.69) is 20.7 Å². The smallest absolute Gasteiger partial charge is 0.478 e. The molecule has 0 aliphatic rings. The second kappa shape index (κ2) is 9.62. The first-order valence-electron chi connectivity index (χ1n) is 5.28. The SMILES string of the molecule is CSSSSS(=S)(=S)Oc1cc(Br)c(OC(F)(F)F)cc1C(=O)O. The van der Waals surface area contributed by atoms with Crippen LogP contribution in [0.5, 0.6) is 11.5 Å². The van der Waals surface area contributed by atoms with Crippen molar-refractivity contribution in [2.24, 2.45) is 0 Å². The van der Waals surface area contributed by atoms with Gasteiger partial charge in [0.25, 0.3) is 0 Å². The third-order valence-corrected chi connectivity index (χ3v) is 14.9. The number of benzene rings is 1. The molecule has 4 nitrogen and oxygen atoms in total. The van der Waals surface area contributed by atoms with Gasteiger partial charge in [0.15, 0.2) is 5.75 Å². The normalized spacial score (nSPS) is 12.0. The van der Waals surface area contributed by atoms with Gasteiger partial charge >= 0.3 is 12.3 Å². The Morgan fingerprint density at radius 1 is 1.29 bits per heavy atom. The molecule has 0 aliphatic carbocycles. The van der Waals surface area contributed by atoms with Crippen molar-refractivity contribution >= 4 is 91.0 Å². The zero-order valence-corrected chi connectivity index (χ0v) is 18.5. The van der Waals surface area contributed by atoms with Crippen molar-refractivity contribution in [3.63, 3.8) is 0 Å². The van der Waals surface area contributed by atoms with Crippen LogP contribution in [0.15, 0.2) is 16.6 Å². The van der Waals surface area contributed by atoms with Crippen molar-refractivity contribution in [2.75, 3.05) is 6.26 Å². The minimum atomic E-state index is -4.97. The second-order valence-electron chi connectivity index (χ2n) is 3.49. The number of halogens is 4. The van der Waals surface area contributed by atoms with E-state index in [1.165, 1.54) is 30.4 Å². The molecule has 1 rings (SSSR count). The molecule has 0 fully saturated rings. The number of ether oxygens (including phenoxy) is 1. The number of hydrogen-bond acceptors (Lipinski definition) is 9. The van der Waals surface area contributed by atoms with E-state index in [9.17, 15) is 23.1 Å². The number of carboxylic acid groups (broad SMARTS) is 1. The molecular formula is C9H6BrF3O4S7. The van der Waals surface area contributed by atoms with Crippen LogP contribution >= 0.6 is 56.2 Å². The Morgan fingerprint density at radius 3 is 2.42 bits per heavy atom. The van der Waals surface area contributed by atoms with Gasteiger partial charge in [0.2, 0.25) is 0 Å². The molecule has 136 valence electrons. The first kappa shape index (κ1) is 22.8. The molecule has 0 bridgehead atoms. The summed E-state index contributed by atoms with van der Waals surface area (Å²) in [6, 6.07) is 1.74. The van der Waals surface area contributed by atoms with Gasteiger partial charge in [0, 0.05) is 54.2 Å².